The lowest BCUT2D eigenvalue weighted by Gasteiger charge is -2.13. The number of benzene rings is 1. The van der Waals surface area contributed by atoms with Crippen LogP contribution < -0.4 is 15.5 Å². The van der Waals surface area contributed by atoms with Crippen molar-refractivity contribution in [2.24, 2.45) is 5.10 Å². The van der Waals surface area contributed by atoms with Crippen molar-refractivity contribution in [2.45, 2.75) is 13.0 Å². The molecule has 2 N–H and O–H groups in total. The van der Waals surface area contributed by atoms with Crippen LogP contribution >= 0.6 is 0 Å². The highest BCUT2D eigenvalue weighted by Gasteiger charge is 2.11. The second-order valence-corrected chi connectivity index (χ2v) is 4.62. The lowest BCUT2D eigenvalue weighted by Crippen LogP contribution is -2.34. The number of nitrogens with zero attached hydrogens (tertiary/aromatic N) is 2. The fourth-order valence-electron chi connectivity index (χ4n) is 1.72. The smallest absolute Gasteiger partial charge is 0.262 e. The molecule has 114 valence electrons. The number of aromatic nitrogens is 1. The molecule has 2 aromatic rings. The van der Waals surface area contributed by atoms with Crippen molar-refractivity contribution < 1.29 is 9.53 Å². The molecule has 1 aromatic carbocycles. The van der Waals surface area contributed by atoms with Gasteiger partial charge >= 0.3 is 0 Å². The first-order valence-electron chi connectivity index (χ1n) is 6.82. The van der Waals surface area contributed by atoms with Gasteiger partial charge in [-0.25, -0.2) is 5.43 Å². The average Bonchev–Trinajstić information content (AvgIpc) is 2.56. The highest BCUT2D eigenvalue weighted by atomic mass is 16.5. The van der Waals surface area contributed by atoms with Gasteiger partial charge in [-0.15, -0.1) is 0 Å². The third-order valence-corrected chi connectivity index (χ3v) is 2.94. The molecule has 2 rings (SSSR count). The van der Waals surface area contributed by atoms with Crippen LogP contribution in [-0.2, 0) is 4.79 Å². The van der Waals surface area contributed by atoms with Gasteiger partial charge in [0.05, 0.1) is 13.3 Å². The second kappa shape index (κ2) is 7.78. The lowest BCUT2D eigenvalue weighted by molar-refractivity contribution is -0.121. The summed E-state index contributed by atoms with van der Waals surface area (Å²) in [7, 11) is 1.61. The van der Waals surface area contributed by atoms with E-state index in [2.05, 4.69) is 20.8 Å². The van der Waals surface area contributed by atoms with E-state index >= 15 is 0 Å². The van der Waals surface area contributed by atoms with Crippen LogP contribution in [0.3, 0.4) is 0 Å². The largest absolute Gasteiger partial charge is 0.497 e. The van der Waals surface area contributed by atoms with E-state index in [0.717, 1.165) is 17.0 Å². The van der Waals surface area contributed by atoms with Gasteiger partial charge in [0, 0.05) is 23.6 Å². The molecule has 0 aliphatic carbocycles. The van der Waals surface area contributed by atoms with Gasteiger partial charge in [0.15, 0.2) is 0 Å². The fraction of sp³-hybridized carbons (Fsp3) is 0.188. The predicted octanol–water partition coefficient (Wildman–Crippen LogP) is 2.04. The van der Waals surface area contributed by atoms with Crippen LogP contribution in [0.1, 0.15) is 12.5 Å². The number of anilines is 1. The number of hydrazone groups is 1. The minimum Gasteiger partial charge on any atom is -0.497 e. The Labute approximate surface area is 129 Å². The summed E-state index contributed by atoms with van der Waals surface area (Å²) in [6.07, 6.45) is 4.89. The number of methoxy groups -OCH3 is 1. The summed E-state index contributed by atoms with van der Waals surface area (Å²) in [4.78, 5) is 15.9. The van der Waals surface area contributed by atoms with Gasteiger partial charge in [0.1, 0.15) is 11.8 Å². The summed E-state index contributed by atoms with van der Waals surface area (Å²) >= 11 is 0. The molecule has 6 heteroatoms. The van der Waals surface area contributed by atoms with Gasteiger partial charge < -0.3 is 10.1 Å². The van der Waals surface area contributed by atoms with Crippen molar-refractivity contribution in [3.05, 3.63) is 54.4 Å². The number of ether oxygens (including phenoxy) is 1. The Morgan fingerprint density at radius 1 is 1.32 bits per heavy atom. The van der Waals surface area contributed by atoms with Crippen LogP contribution in [0.25, 0.3) is 0 Å². The summed E-state index contributed by atoms with van der Waals surface area (Å²) in [6, 6.07) is 10.6. The zero-order valence-electron chi connectivity index (χ0n) is 12.5. The number of nitrogens with one attached hydrogen (secondary N) is 2. The number of hydrogen-bond donors (Lipinski definition) is 2. The van der Waals surface area contributed by atoms with E-state index in [0.29, 0.717) is 0 Å². The lowest BCUT2D eigenvalue weighted by atomic mass is 10.2. The minimum absolute atomic E-state index is 0.226. The van der Waals surface area contributed by atoms with Gasteiger partial charge in [-0.05, 0) is 37.3 Å². The number of carbonyl (C=O) groups is 1. The number of carbonyl (C=O) groups excluding carboxylic acids is 1. The number of rotatable bonds is 6. The second-order valence-electron chi connectivity index (χ2n) is 4.62. The van der Waals surface area contributed by atoms with Gasteiger partial charge in [-0.1, -0.05) is 6.07 Å². The number of amides is 1. The maximum atomic E-state index is 11.9. The van der Waals surface area contributed by atoms with E-state index in [9.17, 15) is 4.79 Å². The minimum atomic E-state index is -0.417. The molecule has 0 bridgehead atoms. The Morgan fingerprint density at radius 3 is 2.73 bits per heavy atom. The van der Waals surface area contributed by atoms with Crippen molar-refractivity contribution >= 4 is 17.8 Å². The fourth-order valence-corrected chi connectivity index (χ4v) is 1.72. The molecular formula is C16H18N4O2. The maximum Gasteiger partial charge on any atom is 0.262 e. The Bertz CT molecular complexity index is 626. The van der Waals surface area contributed by atoms with Crippen molar-refractivity contribution in [1.29, 1.82) is 0 Å². The maximum absolute atomic E-state index is 11.9. The molecule has 1 atom stereocenters. The normalized spacial score (nSPS) is 11.9. The van der Waals surface area contributed by atoms with Crippen molar-refractivity contribution in [2.75, 3.05) is 12.4 Å². The van der Waals surface area contributed by atoms with Crippen LogP contribution in [0.5, 0.6) is 5.75 Å². The first kappa shape index (κ1) is 15.5. The first-order valence-corrected chi connectivity index (χ1v) is 6.82. The Kier molecular flexibility index (Phi) is 5.48. The Hall–Kier alpha value is -2.89. The molecule has 1 aromatic heterocycles. The Morgan fingerprint density at radius 2 is 2.09 bits per heavy atom. The summed E-state index contributed by atoms with van der Waals surface area (Å²) in [5.41, 5.74) is 4.14. The molecule has 6 nitrogen and oxygen atoms in total. The standard InChI is InChI=1S/C16H18N4O2/c1-12(19-14-5-7-15(22-2)8-6-14)16(21)20-18-11-13-4-3-9-17-10-13/h3-12,19H,1-2H3,(H,20,21)/b18-11-/t12-/m0/s1. The van der Waals surface area contributed by atoms with E-state index in [-0.39, 0.29) is 5.91 Å². The van der Waals surface area contributed by atoms with Crippen molar-refractivity contribution in [3.8, 4) is 5.75 Å². The summed E-state index contributed by atoms with van der Waals surface area (Å²) < 4.78 is 5.09. The summed E-state index contributed by atoms with van der Waals surface area (Å²) in [6.45, 7) is 1.76. The highest BCUT2D eigenvalue weighted by molar-refractivity contribution is 5.86. The van der Waals surface area contributed by atoms with Crippen molar-refractivity contribution in [1.82, 2.24) is 10.4 Å². The molecule has 0 aliphatic heterocycles. The first-order chi connectivity index (χ1) is 10.7. The van der Waals surface area contributed by atoms with E-state index in [1.807, 2.05) is 30.3 Å². The predicted molar refractivity (Wildman–Crippen MR) is 86.1 cm³/mol. The van der Waals surface area contributed by atoms with Crippen LogP contribution in [0.2, 0.25) is 0 Å². The van der Waals surface area contributed by atoms with Gasteiger partial charge in [-0.2, -0.15) is 5.10 Å². The van der Waals surface area contributed by atoms with E-state index < -0.39 is 6.04 Å². The van der Waals surface area contributed by atoms with Crippen molar-refractivity contribution in [3.63, 3.8) is 0 Å². The molecule has 1 heterocycles. The SMILES string of the molecule is COc1ccc(N[C@@H](C)C(=O)N/N=C\c2cccnc2)cc1. The van der Waals surface area contributed by atoms with E-state index in [1.54, 1.807) is 38.7 Å². The number of pyridine rings is 1. The molecule has 0 spiro atoms. The van der Waals surface area contributed by atoms with E-state index in [4.69, 9.17) is 4.74 Å². The molecule has 0 unspecified atom stereocenters. The zero-order valence-corrected chi connectivity index (χ0v) is 12.5. The van der Waals surface area contributed by atoms with Crippen LogP contribution in [0.4, 0.5) is 5.69 Å². The molecule has 0 radical (unpaired) electrons. The van der Waals surface area contributed by atoms with Gasteiger partial charge in [0.25, 0.3) is 5.91 Å². The van der Waals surface area contributed by atoms with Gasteiger partial charge in [-0.3, -0.25) is 9.78 Å². The monoisotopic (exact) mass is 298 g/mol. The van der Waals surface area contributed by atoms with Crippen LogP contribution in [0, 0.1) is 0 Å². The molecule has 22 heavy (non-hydrogen) atoms. The molecule has 0 saturated carbocycles. The third-order valence-electron chi connectivity index (χ3n) is 2.94. The molecule has 0 fully saturated rings. The average molecular weight is 298 g/mol. The summed E-state index contributed by atoms with van der Waals surface area (Å²) in [5, 5.41) is 6.99. The molecule has 0 saturated heterocycles. The van der Waals surface area contributed by atoms with E-state index in [1.165, 1.54) is 0 Å². The molecule has 1 amide bonds. The molecular weight excluding hydrogens is 280 g/mol. The summed E-state index contributed by atoms with van der Waals surface area (Å²) in [5.74, 6) is 0.541. The van der Waals surface area contributed by atoms with Crippen LogP contribution in [-0.4, -0.2) is 30.3 Å². The van der Waals surface area contributed by atoms with Gasteiger partial charge in [0.2, 0.25) is 0 Å². The molecule has 0 aliphatic rings. The topological polar surface area (TPSA) is 75.6 Å². The number of hydrogen-bond acceptors (Lipinski definition) is 5. The zero-order chi connectivity index (χ0) is 15.8. The highest BCUT2D eigenvalue weighted by Crippen LogP contribution is 2.15. The van der Waals surface area contributed by atoms with Crippen LogP contribution in [0.15, 0.2) is 53.9 Å². The quantitative estimate of drug-likeness (QED) is 0.632. The Balaban J connectivity index is 1.85. The third kappa shape index (κ3) is 4.59.